The molecule has 0 aliphatic heterocycles. The summed E-state index contributed by atoms with van der Waals surface area (Å²) in [6.45, 7) is 0. The van der Waals surface area contributed by atoms with E-state index in [1.54, 1.807) is 41.7 Å². The van der Waals surface area contributed by atoms with Crippen molar-refractivity contribution in [3.8, 4) is 10.6 Å². The molecule has 2 amide bonds. The van der Waals surface area contributed by atoms with Crippen LogP contribution in [0.25, 0.3) is 21.5 Å². The Labute approximate surface area is 159 Å². The molecule has 4 rings (SSSR count). The van der Waals surface area contributed by atoms with Crippen LogP contribution in [0.3, 0.4) is 0 Å². The highest BCUT2D eigenvalue weighted by molar-refractivity contribution is 7.13. The lowest BCUT2D eigenvalue weighted by Crippen LogP contribution is -2.41. The first-order valence-corrected chi connectivity index (χ1v) is 9.20. The van der Waals surface area contributed by atoms with Crippen molar-refractivity contribution in [2.24, 2.45) is 0 Å². The average Bonchev–Trinajstić information content (AvgIpc) is 3.26. The smallest absolute Gasteiger partial charge is 0.267 e. The number of carbonyl (C=O) groups excluding carboxylic acids is 2. The summed E-state index contributed by atoms with van der Waals surface area (Å²) >= 11 is 1.56. The number of amides is 2. The second-order valence-corrected chi connectivity index (χ2v) is 6.77. The van der Waals surface area contributed by atoms with Crippen LogP contribution in [0.1, 0.15) is 20.7 Å². The van der Waals surface area contributed by atoms with Gasteiger partial charge in [0.2, 0.25) is 0 Å². The number of rotatable bonds is 3. The Bertz CT molecular complexity index is 1110. The van der Waals surface area contributed by atoms with Crippen molar-refractivity contribution in [2.75, 3.05) is 0 Å². The van der Waals surface area contributed by atoms with E-state index in [1.807, 2.05) is 47.8 Å². The third-order valence-electron chi connectivity index (χ3n) is 4.06. The maximum absolute atomic E-state index is 12.8. The largest absolute Gasteiger partial charge is 0.270 e. The first-order chi connectivity index (χ1) is 13.2. The lowest BCUT2D eigenvalue weighted by Gasteiger charge is -2.11. The number of pyridine rings is 1. The maximum atomic E-state index is 12.8. The van der Waals surface area contributed by atoms with Crippen LogP contribution in [-0.2, 0) is 0 Å². The number of carbonyl (C=O) groups is 2. The van der Waals surface area contributed by atoms with E-state index in [0.29, 0.717) is 11.1 Å². The summed E-state index contributed by atoms with van der Waals surface area (Å²) in [5.41, 5.74) is 7.33. The van der Waals surface area contributed by atoms with Crippen LogP contribution in [0.2, 0.25) is 0 Å². The van der Waals surface area contributed by atoms with Crippen molar-refractivity contribution in [3.63, 3.8) is 0 Å². The standard InChI is InChI=1S/C21H15N3O2S/c25-20(14-7-2-1-3-8-14)23-24-21(26)16-13-18(19-11-6-12-27-19)22-17-10-5-4-9-15(16)17/h1-13H,(H,23,25)(H,24,26). The molecule has 5 nitrogen and oxygen atoms in total. The van der Waals surface area contributed by atoms with E-state index < -0.39 is 5.91 Å². The van der Waals surface area contributed by atoms with E-state index in [2.05, 4.69) is 15.8 Å². The Morgan fingerprint density at radius 3 is 2.33 bits per heavy atom. The lowest BCUT2D eigenvalue weighted by atomic mass is 10.1. The molecule has 132 valence electrons. The Kier molecular flexibility index (Phi) is 4.63. The Balaban J connectivity index is 1.64. The van der Waals surface area contributed by atoms with Gasteiger partial charge < -0.3 is 0 Å². The zero-order valence-corrected chi connectivity index (χ0v) is 15.0. The fourth-order valence-corrected chi connectivity index (χ4v) is 3.44. The molecule has 0 saturated heterocycles. The molecular weight excluding hydrogens is 358 g/mol. The van der Waals surface area contributed by atoms with Crippen molar-refractivity contribution < 1.29 is 9.59 Å². The third-order valence-corrected chi connectivity index (χ3v) is 4.95. The number of aromatic nitrogens is 1. The predicted molar refractivity (Wildman–Crippen MR) is 106 cm³/mol. The van der Waals surface area contributed by atoms with Gasteiger partial charge in [-0.05, 0) is 35.7 Å². The number of hydrazine groups is 1. The number of thiophene rings is 1. The van der Waals surface area contributed by atoms with Gasteiger partial charge >= 0.3 is 0 Å². The summed E-state index contributed by atoms with van der Waals surface area (Å²) in [4.78, 5) is 30.5. The fraction of sp³-hybridized carbons (Fsp3) is 0. The summed E-state index contributed by atoms with van der Waals surface area (Å²) in [6.07, 6.45) is 0. The molecule has 0 radical (unpaired) electrons. The minimum Gasteiger partial charge on any atom is -0.267 e. The Morgan fingerprint density at radius 1 is 0.815 bits per heavy atom. The minimum atomic E-state index is -0.393. The van der Waals surface area contributed by atoms with E-state index in [9.17, 15) is 9.59 Å². The number of nitrogens with zero attached hydrogens (tertiary/aromatic N) is 1. The van der Waals surface area contributed by atoms with Gasteiger partial charge in [-0.2, -0.15) is 0 Å². The Morgan fingerprint density at radius 2 is 1.56 bits per heavy atom. The van der Waals surface area contributed by atoms with Crippen molar-refractivity contribution in [2.45, 2.75) is 0 Å². The highest BCUT2D eigenvalue weighted by Gasteiger charge is 2.15. The maximum Gasteiger partial charge on any atom is 0.270 e. The number of benzene rings is 2. The second kappa shape index (κ2) is 7.39. The van der Waals surface area contributed by atoms with Gasteiger partial charge in [0.15, 0.2) is 0 Å². The van der Waals surface area contributed by atoms with Gasteiger partial charge in [0, 0.05) is 10.9 Å². The van der Waals surface area contributed by atoms with E-state index in [0.717, 1.165) is 21.5 Å². The van der Waals surface area contributed by atoms with Gasteiger partial charge in [0.05, 0.1) is 21.7 Å². The zero-order chi connectivity index (χ0) is 18.6. The van der Waals surface area contributed by atoms with Crippen LogP contribution >= 0.6 is 11.3 Å². The van der Waals surface area contributed by atoms with E-state index in [1.165, 1.54) is 0 Å². The van der Waals surface area contributed by atoms with Crippen molar-refractivity contribution in [3.05, 3.63) is 89.3 Å². The number of hydrogen-bond donors (Lipinski definition) is 2. The predicted octanol–water partition coefficient (Wildman–Crippen LogP) is 4.04. The normalized spacial score (nSPS) is 10.5. The first kappa shape index (κ1) is 16.9. The van der Waals surface area contributed by atoms with Crippen molar-refractivity contribution >= 4 is 34.1 Å². The van der Waals surface area contributed by atoms with Crippen LogP contribution < -0.4 is 10.9 Å². The molecule has 0 bridgehead atoms. The summed E-state index contributed by atoms with van der Waals surface area (Å²) in [5.74, 6) is -0.767. The van der Waals surface area contributed by atoms with E-state index in [-0.39, 0.29) is 5.91 Å². The molecule has 2 aromatic carbocycles. The molecule has 2 aromatic heterocycles. The quantitative estimate of drug-likeness (QED) is 0.533. The molecule has 6 heteroatoms. The molecule has 0 aliphatic rings. The highest BCUT2D eigenvalue weighted by atomic mass is 32.1. The molecular formula is C21H15N3O2S. The molecule has 2 N–H and O–H groups in total. The minimum absolute atomic E-state index is 0.374. The van der Waals surface area contributed by atoms with Gasteiger partial charge in [-0.1, -0.05) is 42.5 Å². The molecule has 4 aromatic rings. The fourth-order valence-electron chi connectivity index (χ4n) is 2.76. The number of para-hydroxylation sites is 1. The van der Waals surface area contributed by atoms with Gasteiger partial charge in [-0.25, -0.2) is 4.98 Å². The van der Waals surface area contributed by atoms with Crippen LogP contribution in [0.4, 0.5) is 0 Å². The number of nitrogens with one attached hydrogen (secondary N) is 2. The van der Waals surface area contributed by atoms with Crippen molar-refractivity contribution in [1.82, 2.24) is 15.8 Å². The summed E-state index contributed by atoms with van der Waals surface area (Å²) in [6, 6.07) is 21.8. The monoisotopic (exact) mass is 373 g/mol. The average molecular weight is 373 g/mol. The van der Waals surface area contributed by atoms with Gasteiger partial charge in [0.25, 0.3) is 11.8 Å². The summed E-state index contributed by atoms with van der Waals surface area (Å²) in [7, 11) is 0. The number of fused-ring (bicyclic) bond motifs is 1. The summed E-state index contributed by atoms with van der Waals surface area (Å²) in [5, 5.41) is 2.69. The molecule has 0 saturated carbocycles. The third kappa shape index (κ3) is 3.56. The van der Waals surface area contributed by atoms with Gasteiger partial charge in [0.1, 0.15) is 0 Å². The molecule has 0 unspecified atom stereocenters. The van der Waals surface area contributed by atoms with Crippen LogP contribution in [0.5, 0.6) is 0 Å². The van der Waals surface area contributed by atoms with Crippen LogP contribution in [-0.4, -0.2) is 16.8 Å². The summed E-state index contributed by atoms with van der Waals surface area (Å²) < 4.78 is 0. The molecule has 0 fully saturated rings. The molecule has 0 aliphatic carbocycles. The Hall–Kier alpha value is -3.51. The van der Waals surface area contributed by atoms with Gasteiger partial charge in [-0.15, -0.1) is 11.3 Å². The number of hydrogen-bond acceptors (Lipinski definition) is 4. The van der Waals surface area contributed by atoms with Crippen LogP contribution in [0.15, 0.2) is 78.2 Å². The van der Waals surface area contributed by atoms with Gasteiger partial charge in [-0.3, -0.25) is 20.4 Å². The SMILES string of the molecule is O=C(NNC(=O)c1cc(-c2cccs2)nc2ccccc12)c1ccccc1. The van der Waals surface area contributed by atoms with Crippen LogP contribution in [0, 0.1) is 0 Å². The molecule has 2 heterocycles. The topological polar surface area (TPSA) is 71.1 Å². The zero-order valence-electron chi connectivity index (χ0n) is 14.2. The highest BCUT2D eigenvalue weighted by Crippen LogP contribution is 2.27. The first-order valence-electron chi connectivity index (χ1n) is 8.32. The van der Waals surface area contributed by atoms with E-state index in [4.69, 9.17) is 0 Å². The second-order valence-electron chi connectivity index (χ2n) is 5.82. The van der Waals surface area contributed by atoms with E-state index >= 15 is 0 Å². The molecule has 0 atom stereocenters. The van der Waals surface area contributed by atoms with Crippen molar-refractivity contribution in [1.29, 1.82) is 0 Å². The lowest BCUT2D eigenvalue weighted by molar-refractivity contribution is 0.0847. The molecule has 27 heavy (non-hydrogen) atoms. The molecule has 0 spiro atoms.